The van der Waals surface area contributed by atoms with E-state index in [0.717, 1.165) is 60.6 Å². The maximum absolute atomic E-state index is 13.1. The minimum Gasteiger partial charge on any atom is -0.497 e. The van der Waals surface area contributed by atoms with Gasteiger partial charge in [0.1, 0.15) is 5.75 Å². The number of amides is 1. The fourth-order valence-electron chi connectivity index (χ4n) is 4.23. The van der Waals surface area contributed by atoms with Crippen LogP contribution in [0.1, 0.15) is 49.8 Å². The van der Waals surface area contributed by atoms with Gasteiger partial charge in [-0.1, -0.05) is 30.7 Å². The van der Waals surface area contributed by atoms with E-state index < -0.39 is 0 Å². The Labute approximate surface area is 177 Å². The molecule has 1 aromatic heterocycles. The van der Waals surface area contributed by atoms with Gasteiger partial charge in [-0.2, -0.15) is 0 Å². The minimum absolute atomic E-state index is 0.106. The number of nitrogens with zero attached hydrogens (tertiary/aromatic N) is 2. The Morgan fingerprint density at radius 3 is 2.55 bits per heavy atom. The molecule has 1 saturated heterocycles. The lowest BCUT2D eigenvalue weighted by atomic mass is 9.94. The van der Waals surface area contributed by atoms with Gasteiger partial charge >= 0.3 is 0 Å². The van der Waals surface area contributed by atoms with Crippen molar-refractivity contribution < 1.29 is 9.53 Å². The van der Waals surface area contributed by atoms with Gasteiger partial charge in [0.05, 0.1) is 12.1 Å². The van der Waals surface area contributed by atoms with Crippen LogP contribution in [0.4, 0.5) is 0 Å². The zero-order chi connectivity index (χ0) is 20.4. The van der Waals surface area contributed by atoms with Crippen LogP contribution in [-0.4, -0.2) is 35.6 Å². The number of benzene rings is 1. The Kier molecular flexibility index (Phi) is 5.81. The van der Waals surface area contributed by atoms with Crippen LogP contribution in [0.3, 0.4) is 0 Å². The molecule has 1 unspecified atom stereocenters. The second kappa shape index (κ2) is 8.50. The van der Waals surface area contributed by atoms with Gasteiger partial charge in [0, 0.05) is 47.7 Å². The highest BCUT2D eigenvalue weighted by Gasteiger charge is 2.24. The molecule has 1 atom stereocenters. The first-order valence-electron chi connectivity index (χ1n) is 10.3. The van der Waals surface area contributed by atoms with Crippen molar-refractivity contribution >= 4 is 23.6 Å². The maximum Gasteiger partial charge on any atom is 0.253 e. The Morgan fingerprint density at radius 2 is 1.86 bits per heavy atom. The van der Waals surface area contributed by atoms with E-state index in [4.69, 9.17) is 16.3 Å². The maximum atomic E-state index is 13.1. The quantitative estimate of drug-likeness (QED) is 0.660. The molecule has 1 fully saturated rings. The lowest BCUT2D eigenvalue weighted by Crippen LogP contribution is -2.36. The number of rotatable bonds is 3. The predicted molar refractivity (Wildman–Crippen MR) is 118 cm³/mol. The van der Waals surface area contributed by atoms with Crippen LogP contribution in [0.25, 0.3) is 11.8 Å². The highest BCUT2D eigenvalue weighted by atomic mass is 35.5. The molecular weight excluding hydrogens is 384 g/mol. The summed E-state index contributed by atoms with van der Waals surface area (Å²) in [6, 6.07) is 7.95. The topological polar surface area (TPSA) is 34.5 Å². The van der Waals surface area contributed by atoms with Crippen molar-refractivity contribution in [3.05, 3.63) is 64.5 Å². The van der Waals surface area contributed by atoms with Crippen molar-refractivity contribution in [3.63, 3.8) is 0 Å². The number of hydrogen-bond donors (Lipinski definition) is 0. The molecule has 0 N–H and O–H groups in total. The Hall–Kier alpha value is -2.46. The van der Waals surface area contributed by atoms with Crippen molar-refractivity contribution in [2.45, 2.75) is 38.5 Å². The summed E-state index contributed by atoms with van der Waals surface area (Å²) in [4.78, 5) is 15.1. The summed E-state index contributed by atoms with van der Waals surface area (Å²) in [6.07, 6.45) is 12.2. The number of allylic oxidation sites excluding steroid dienone is 1. The van der Waals surface area contributed by atoms with Crippen molar-refractivity contribution in [1.82, 2.24) is 9.47 Å². The summed E-state index contributed by atoms with van der Waals surface area (Å²) < 4.78 is 7.42. The summed E-state index contributed by atoms with van der Waals surface area (Å²) >= 11 is 6.68. The fraction of sp³-hybridized carbons (Fsp3) is 0.375. The minimum atomic E-state index is 0.106. The summed E-state index contributed by atoms with van der Waals surface area (Å²) in [6.45, 7) is 3.88. The van der Waals surface area contributed by atoms with Crippen LogP contribution in [0.5, 0.6) is 5.75 Å². The van der Waals surface area contributed by atoms with Crippen molar-refractivity contribution in [1.29, 1.82) is 0 Å². The van der Waals surface area contributed by atoms with Gasteiger partial charge in [-0.25, -0.2) is 0 Å². The highest BCUT2D eigenvalue weighted by Crippen LogP contribution is 2.36. The molecule has 1 aliphatic heterocycles. The zero-order valence-electron chi connectivity index (χ0n) is 17.0. The smallest absolute Gasteiger partial charge is 0.253 e. The van der Waals surface area contributed by atoms with E-state index in [0.29, 0.717) is 5.02 Å². The SMILES string of the molecule is COc1ccc(-n2cc(Cl)c3c2C(C)C/C=C/C(C(=O)N2CCCCC2)=C\3)cc1. The van der Waals surface area contributed by atoms with E-state index in [1.807, 2.05) is 47.5 Å². The molecule has 1 aliphatic carbocycles. The van der Waals surface area contributed by atoms with Crippen LogP contribution < -0.4 is 4.74 Å². The van der Waals surface area contributed by atoms with Gasteiger partial charge in [-0.3, -0.25) is 4.79 Å². The molecule has 152 valence electrons. The monoisotopic (exact) mass is 410 g/mol. The highest BCUT2D eigenvalue weighted by molar-refractivity contribution is 6.32. The second-order valence-electron chi connectivity index (χ2n) is 7.84. The van der Waals surface area contributed by atoms with Gasteiger partial charge in [0.15, 0.2) is 0 Å². The molecule has 2 aromatic rings. The number of carbonyl (C=O) groups excluding carboxylic acids is 1. The van der Waals surface area contributed by atoms with E-state index in [-0.39, 0.29) is 11.8 Å². The van der Waals surface area contributed by atoms with Gasteiger partial charge in [0.2, 0.25) is 0 Å². The third kappa shape index (κ3) is 3.99. The number of likely N-dealkylation sites (tertiary alicyclic amines) is 1. The third-order valence-corrected chi connectivity index (χ3v) is 6.13. The van der Waals surface area contributed by atoms with E-state index in [1.54, 1.807) is 7.11 Å². The molecule has 2 heterocycles. The van der Waals surface area contributed by atoms with Gasteiger partial charge < -0.3 is 14.2 Å². The second-order valence-corrected chi connectivity index (χ2v) is 8.24. The normalized spacial score (nSPS) is 22.1. The fourth-order valence-corrected chi connectivity index (χ4v) is 4.48. The number of methoxy groups -OCH3 is 1. The van der Waals surface area contributed by atoms with E-state index in [1.165, 1.54) is 6.42 Å². The number of carbonyl (C=O) groups is 1. The van der Waals surface area contributed by atoms with Gasteiger partial charge in [-0.05, 0) is 56.0 Å². The predicted octanol–water partition coefficient (Wildman–Crippen LogP) is 5.60. The number of fused-ring (bicyclic) bond motifs is 1. The molecule has 0 saturated carbocycles. The first-order chi connectivity index (χ1) is 14.1. The molecule has 2 aliphatic rings. The van der Waals surface area contributed by atoms with Crippen LogP contribution in [0.2, 0.25) is 5.02 Å². The van der Waals surface area contributed by atoms with Crippen LogP contribution >= 0.6 is 11.6 Å². The van der Waals surface area contributed by atoms with Crippen LogP contribution in [0, 0.1) is 0 Å². The summed E-state index contributed by atoms with van der Waals surface area (Å²) in [5.74, 6) is 1.20. The lowest BCUT2D eigenvalue weighted by molar-refractivity contribution is -0.127. The molecular formula is C24H27ClN2O2. The largest absolute Gasteiger partial charge is 0.497 e. The van der Waals surface area contributed by atoms with E-state index in [2.05, 4.69) is 17.6 Å². The lowest BCUT2D eigenvalue weighted by Gasteiger charge is -2.27. The average Bonchev–Trinajstić information content (AvgIpc) is 3.07. The summed E-state index contributed by atoms with van der Waals surface area (Å²) in [5, 5.41) is 0.668. The number of aromatic nitrogens is 1. The number of hydrogen-bond acceptors (Lipinski definition) is 2. The number of halogens is 1. The van der Waals surface area contributed by atoms with Gasteiger partial charge in [0.25, 0.3) is 5.91 Å². The van der Waals surface area contributed by atoms with Crippen molar-refractivity contribution in [2.75, 3.05) is 20.2 Å². The van der Waals surface area contributed by atoms with Crippen molar-refractivity contribution in [3.8, 4) is 11.4 Å². The zero-order valence-corrected chi connectivity index (χ0v) is 17.8. The first kappa shape index (κ1) is 19.8. The summed E-state index contributed by atoms with van der Waals surface area (Å²) in [7, 11) is 1.66. The van der Waals surface area contributed by atoms with E-state index in [9.17, 15) is 4.79 Å². The van der Waals surface area contributed by atoms with Crippen LogP contribution in [-0.2, 0) is 4.79 Å². The molecule has 0 radical (unpaired) electrons. The van der Waals surface area contributed by atoms with Crippen LogP contribution in [0.15, 0.2) is 48.2 Å². The number of ether oxygens (including phenoxy) is 1. The van der Waals surface area contributed by atoms with E-state index >= 15 is 0 Å². The Balaban J connectivity index is 1.76. The molecule has 4 rings (SSSR count). The number of piperidine rings is 1. The molecule has 4 nitrogen and oxygen atoms in total. The van der Waals surface area contributed by atoms with Gasteiger partial charge in [-0.15, -0.1) is 0 Å². The molecule has 1 amide bonds. The molecule has 5 heteroatoms. The van der Waals surface area contributed by atoms with Crippen molar-refractivity contribution in [2.24, 2.45) is 0 Å². The average molecular weight is 411 g/mol. The molecule has 0 spiro atoms. The summed E-state index contributed by atoms with van der Waals surface area (Å²) in [5.41, 5.74) is 3.82. The molecule has 1 aromatic carbocycles. The first-order valence-corrected chi connectivity index (χ1v) is 10.7. The Bertz CT molecular complexity index is 950. The Morgan fingerprint density at radius 1 is 1.14 bits per heavy atom. The third-order valence-electron chi connectivity index (χ3n) is 5.83. The standard InChI is InChI=1S/C24H27ClN2O2/c1-17-7-6-8-18(24(28)26-13-4-3-5-14-26)15-21-22(25)16-27(23(17)21)19-9-11-20(29-2)12-10-19/h6,8-12,15-17H,3-5,7,13-14H2,1-2H3/b8-6+,18-15+. The molecule has 29 heavy (non-hydrogen) atoms. The molecule has 0 bridgehead atoms.